The van der Waals surface area contributed by atoms with Crippen molar-refractivity contribution in [3.63, 3.8) is 0 Å². The molecular weight excluding hydrogens is 206 g/mol. The van der Waals surface area contributed by atoms with Gasteiger partial charge in [0.2, 0.25) is 0 Å². The Balaban J connectivity index is 2.89. The smallest absolute Gasteiger partial charge is 0.105 e. The van der Waals surface area contributed by atoms with Crippen molar-refractivity contribution in [1.29, 1.82) is 5.26 Å². The van der Waals surface area contributed by atoms with E-state index in [0.29, 0.717) is 16.5 Å². The average molecular weight is 217 g/mol. The Morgan fingerprint density at radius 2 is 2.27 bits per heavy atom. The number of nitrogens with zero attached hydrogens (tertiary/aromatic N) is 2. The van der Waals surface area contributed by atoms with Crippen molar-refractivity contribution in [3.8, 4) is 6.07 Å². The van der Waals surface area contributed by atoms with Gasteiger partial charge in [-0.15, -0.1) is 11.3 Å². The Kier molecular flexibility index (Phi) is 2.33. The molecule has 0 unspecified atom stereocenters. The summed E-state index contributed by atoms with van der Waals surface area (Å²) in [5, 5.41) is 10.6. The molecule has 2 heterocycles. The second kappa shape index (κ2) is 3.52. The number of thiophene rings is 1. The van der Waals surface area contributed by atoms with Gasteiger partial charge in [0.1, 0.15) is 11.1 Å². The maximum absolute atomic E-state index is 9.06. The van der Waals surface area contributed by atoms with Crippen LogP contribution >= 0.6 is 11.3 Å². The molecule has 0 bridgehead atoms. The van der Waals surface area contributed by atoms with Gasteiger partial charge in [-0.1, -0.05) is 13.8 Å². The molecule has 0 saturated carbocycles. The quantitative estimate of drug-likeness (QED) is 0.798. The molecule has 0 aliphatic carbocycles. The van der Waals surface area contributed by atoms with Gasteiger partial charge in [-0.2, -0.15) is 5.26 Å². The summed E-state index contributed by atoms with van der Waals surface area (Å²) in [6.07, 6.45) is 1.77. The fraction of sp³-hybridized carbons (Fsp3) is 0.273. The predicted octanol–water partition coefficient (Wildman–Crippen LogP) is 2.87. The first kappa shape index (κ1) is 9.94. The Morgan fingerprint density at radius 3 is 2.87 bits per heavy atom. The number of anilines is 1. The van der Waals surface area contributed by atoms with Gasteiger partial charge in [-0.3, -0.25) is 4.98 Å². The summed E-state index contributed by atoms with van der Waals surface area (Å²) in [4.78, 5) is 4.33. The van der Waals surface area contributed by atoms with Crippen molar-refractivity contribution in [2.45, 2.75) is 19.8 Å². The number of nitrogen functional groups attached to an aromatic ring is 1. The lowest BCUT2D eigenvalue weighted by molar-refractivity contribution is 0.835. The minimum absolute atomic E-state index is 0.301. The van der Waals surface area contributed by atoms with Crippen molar-refractivity contribution in [2.24, 2.45) is 0 Å². The average Bonchev–Trinajstić information content (AvgIpc) is 2.52. The van der Waals surface area contributed by atoms with Crippen LogP contribution in [0.4, 0.5) is 5.00 Å². The fourth-order valence-electron chi connectivity index (χ4n) is 1.64. The van der Waals surface area contributed by atoms with E-state index in [2.05, 4.69) is 24.9 Å². The number of pyridine rings is 1. The third kappa shape index (κ3) is 1.45. The van der Waals surface area contributed by atoms with Gasteiger partial charge < -0.3 is 5.73 Å². The van der Waals surface area contributed by atoms with Gasteiger partial charge in [0.15, 0.2) is 0 Å². The van der Waals surface area contributed by atoms with Crippen molar-refractivity contribution in [1.82, 2.24) is 4.98 Å². The number of rotatable bonds is 1. The minimum Gasteiger partial charge on any atom is -0.389 e. The van der Waals surface area contributed by atoms with Gasteiger partial charge >= 0.3 is 0 Å². The normalized spacial score (nSPS) is 10.8. The molecule has 4 heteroatoms. The largest absolute Gasteiger partial charge is 0.389 e. The van der Waals surface area contributed by atoms with Crippen molar-refractivity contribution in [2.75, 3.05) is 5.73 Å². The van der Waals surface area contributed by atoms with Crippen molar-refractivity contribution >= 4 is 26.4 Å². The maximum Gasteiger partial charge on any atom is 0.105 e. The third-order valence-corrected chi connectivity index (χ3v) is 3.30. The van der Waals surface area contributed by atoms with Crippen LogP contribution in [0, 0.1) is 11.3 Å². The lowest BCUT2D eigenvalue weighted by Crippen LogP contribution is -1.94. The van der Waals surface area contributed by atoms with Crippen molar-refractivity contribution in [3.05, 3.63) is 23.5 Å². The highest BCUT2D eigenvalue weighted by molar-refractivity contribution is 7.23. The maximum atomic E-state index is 9.06. The van der Waals surface area contributed by atoms with Crippen LogP contribution in [0.2, 0.25) is 0 Å². The Bertz CT molecular complexity index is 549. The predicted molar refractivity (Wildman–Crippen MR) is 62.8 cm³/mol. The first-order valence-electron chi connectivity index (χ1n) is 4.72. The molecule has 0 atom stereocenters. The summed E-state index contributed by atoms with van der Waals surface area (Å²) in [6, 6.07) is 4.06. The third-order valence-electron chi connectivity index (χ3n) is 2.32. The molecule has 0 aromatic carbocycles. The van der Waals surface area contributed by atoms with E-state index in [4.69, 9.17) is 11.0 Å². The Hall–Kier alpha value is -1.60. The van der Waals surface area contributed by atoms with Crippen molar-refractivity contribution < 1.29 is 0 Å². The van der Waals surface area contributed by atoms with Gasteiger partial charge in [-0.25, -0.2) is 0 Å². The van der Waals surface area contributed by atoms with E-state index in [1.54, 1.807) is 6.20 Å². The van der Waals surface area contributed by atoms with Gasteiger partial charge in [0.05, 0.1) is 11.3 Å². The first-order valence-corrected chi connectivity index (χ1v) is 5.53. The molecule has 2 N–H and O–H groups in total. The number of nitrogens with two attached hydrogens (primary N) is 1. The van der Waals surface area contributed by atoms with Crippen LogP contribution in [-0.2, 0) is 0 Å². The molecule has 0 saturated heterocycles. The van der Waals surface area contributed by atoms with Crippen LogP contribution in [0.15, 0.2) is 12.3 Å². The van der Waals surface area contributed by atoms with Gasteiger partial charge in [-0.05, 0) is 12.0 Å². The molecule has 2 aromatic rings. The molecule has 76 valence electrons. The summed E-state index contributed by atoms with van der Waals surface area (Å²) in [7, 11) is 0. The zero-order valence-electron chi connectivity index (χ0n) is 8.61. The minimum atomic E-state index is 0.301. The number of fused-ring (bicyclic) bond motifs is 1. The molecule has 0 fully saturated rings. The standard InChI is InChI=1S/C11H11N3S/c1-6(2)10-9-7(5-12)11(13)15-8(9)3-4-14-10/h3-4,6H,13H2,1-2H3. The van der Waals surface area contributed by atoms with Crippen LogP contribution in [-0.4, -0.2) is 4.98 Å². The van der Waals surface area contributed by atoms with E-state index < -0.39 is 0 Å². The number of hydrogen-bond donors (Lipinski definition) is 1. The molecule has 0 amide bonds. The number of nitriles is 1. The monoisotopic (exact) mass is 217 g/mol. The van der Waals surface area contributed by atoms with E-state index in [9.17, 15) is 0 Å². The molecule has 0 spiro atoms. The van der Waals surface area contributed by atoms with E-state index in [1.165, 1.54) is 11.3 Å². The van der Waals surface area contributed by atoms with E-state index in [-0.39, 0.29) is 0 Å². The summed E-state index contributed by atoms with van der Waals surface area (Å²) >= 11 is 1.45. The topological polar surface area (TPSA) is 62.7 Å². The van der Waals surface area contributed by atoms with Crippen LogP contribution in [0.25, 0.3) is 10.1 Å². The van der Waals surface area contributed by atoms with Gasteiger partial charge in [0, 0.05) is 16.3 Å². The van der Waals surface area contributed by atoms with E-state index >= 15 is 0 Å². The van der Waals surface area contributed by atoms with Gasteiger partial charge in [0.25, 0.3) is 0 Å². The van der Waals surface area contributed by atoms with Crippen LogP contribution in [0.1, 0.15) is 31.0 Å². The molecule has 15 heavy (non-hydrogen) atoms. The Morgan fingerprint density at radius 1 is 1.53 bits per heavy atom. The second-order valence-electron chi connectivity index (χ2n) is 3.68. The first-order chi connectivity index (χ1) is 7.15. The van der Waals surface area contributed by atoms with Crippen LogP contribution in [0.3, 0.4) is 0 Å². The molecular formula is C11H11N3S. The second-order valence-corrected chi connectivity index (χ2v) is 4.76. The number of hydrogen-bond acceptors (Lipinski definition) is 4. The number of aromatic nitrogens is 1. The van der Waals surface area contributed by atoms with E-state index in [1.807, 2.05) is 6.07 Å². The van der Waals surface area contributed by atoms with E-state index in [0.717, 1.165) is 15.8 Å². The molecule has 3 nitrogen and oxygen atoms in total. The molecule has 0 aliphatic rings. The zero-order valence-corrected chi connectivity index (χ0v) is 9.43. The Labute approximate surface area is 92.2 Å². The molecule has 0 radical (unpaired) electrons. The molecule has 2 rings (SSSR count). The summed E-state index contributed by atoms with van der Waals surface area (Å²) in [6.45, 7) is 4.13. The summed E-state index contributed by atoms with van der Waals surface area (Å²) in [5.41, 5.74) is 7.33. The SMILES string of the molecule is CC(C)c1nccc2sc(N)c(C#N)c12. The summed E-state index contributed by atoms with van der Waals surface area (Å²) < 4.78 is 1.04. The lowest BCUT2D eigenvalue weighted by Gasteiger charge is -2.05. The zero-order chi connectivity index (χ0) is 11.0. The highest BCUT2D eigenvalue weighted by Gasteiger charge is 2.15. The summed E-state index contributed by atoms with van der Waals surface area (Å²) in [5.74, 6) is 0.301. The highest BCUT2D eigenvalue weighted by atomic mass is 32.1. The fourth-order valence-corrected chi connectivity index (χ4v) is 2.56. The molecule has 0 aliphatic heterocycles. The van der Waals surface area contributed by atoms with Crippen LogP contribution < -0.4 is 5.73 Å². The highest BCUT2D eigenvalue weighted by Crippen LogP contribution is 2.36. The lowest BCUT2D eigenvalue weighted by atomic mass is 10.0. The molecule has 2 aromatic heterocycles. The van der Waals surface area contributed by atoms with Crippen LogP contribution in [0.5, 0.6) is 0 Å².